The fourth-order valence-corrected chi connectivity index (χ4v) is 4.52. The first-order valence-electron chi connectivity index (χ1n) is 12.5. The predicted octanol–water partition coefficient (Wildman–Crippen LogP) is 4.55. The highest BCUT2D eigenvalue weighted by Crippen LogP contribution is 2.23. The number of hydrogen-bond acceptors (Lipinski definition) is 5. The van der Waals surface area contributed by atoms with E-state index in [1.54, 1.807) is 23.0 Å². The lowest BCUT2D eigenvalue weighted by atomic mass is 10.0. The first-order chi connectivity index (χ1) is 17.4. The molecule has 0 radical (unpaired) electrons. The lowest BCUT2D eigenvalue weighted by Crippen LogP contribution is -2.38. The summed E-state index contributed by atoms with van der Waals surface area (Å²) in [7, 11) is 2.13. The molecule has 3 aromatic rings. The topological polar surface area (TPSA) is 68.6 Å². The van der Waals surface area contributed by atoms with Crippen LogP contribution in [0.15, 0.2) is 54.7 Å². The summed E-state index contributed by atoms with van der Waals surface area (Å²) in [5, 5.41) is 7.41. The van der Waals surface area contributed by atoms with Crippen LogP contribution in [0, 0.1) is 5.82 Å². The minimum absolute atomic E-state index is 0.0503. The van der Waals surface area contributed by atoms with Crippen LogP contribution in [-0.2, 0) is 11.3 Å². The molecule has 2 heterocycles. The number of benzene rings is 2. The van der Waals surface area contributed by atoms with Gasteiger partial charge < -0.3 is 14.8 Å². The molecule has 8 heteroatoms. The third kappa shape index (κ3) is 6.50. The van der Waals surface area contributed by atoms with Crippen LogP contribution in [0.4, 0.5) is 4.39 Å². The SMILES string of the molecule is CC(C)c1c(C(=O)NCc2cccc(OCCN(C)C3CCOCC3)c2)cnn1-c1ccc(F)cc1. The van der Waals surface area contributed by atoms with E-state index in [2.05, 4.69) is 22.4 Å². The number of rotatable bonds is 10. The Bertz CT molecular complexity index is 1140. The van der Waals surface area contributed by atoms with E-state index >= 15 is 0 Å². The van der Waals surface area contributed by atoms with Gasteiger partial charge in [0.2, 0.25) is 0 Å². The van der Waals surface area contributed by atoms with Crippen molar-refractivity contribution in [3.05, 3.63) is 77.4 Å². The van der Waals surface area contributed by atoms with Gasteiger partial charge in [-0.2, -0.15) is 5.10 Å². The maximum atomic E-state index is 13.4. The number of nitrogens with one attached hydrogen (secondary N) is 1. The van der Waals surface area contributed by atoms with Crippen molar-refractivity contribution in [1.29, 1.82) is 0 Å². The van der Waals surface area contributed by atoms with E-state index in [-0.39, 0.29) is 17.6 Å². The maximum absolute atomic E-state index is 13.4. The minimum atomic E-state index is -0.312. The number of amides is 1. The van der Waals surface area contributed by atoms with Crippen molar-refractivity contribution in [3.8, 4) is 11.4 Å². The van der Waals surface area contributed by atoms with Crippen molar-refractivity contribution < 1.29 is 18.7 Å². The Balaban J connectivity index is 1.34. The zero-order chi connectivity index (χ0) is 25.5. The molecule has 0 atom stereocenters. The molecule has 0 saturated carbocycles. The van der Waals surface area contributed by atoms with Crippen LogP contribution in [-0.4, -0.2) is 60.0 Å². The number of ether oxygens (including phenoxy) is 2. The van der Waals surface area contributed by atoms with Crippen molar-refractivity contribution in [2.45, 2.75) is 45.2 Å². The van der Waals surface area contributed by atoms with E-state index in [0.717, 1.165) is 49.6 Å². The second-order valence-electron chi connectivity index (χ2n) is 9.49. The molecule has 36 heavy (non-hydrogen) atoms. The molecule has 0 bridgehead atoms. The lowest BCUT2D eigenvalue weighted by molar-refractivity contribution is 0.0392. The Morgan fingerprint density at radius 3 is 2.69 bits per heavy atom. The van der Waals surface area contributed by atoms with Gasteiger partial charge in [-0.25, -0.2) is 9.07 Å². The Hall–Kier alpha value is -3.23. The standard InChI is InChI=1S/C28H35FN4O3/c1-20(2)27-26(19-31-33(27)24-9-7-22(29)8-10-24)28(34)30-18-21-5-4-6-25(17-21)36-16-13-32(3)23-11-14-35-15-12-23/h4-10,17,19-20,23H,11-16,18H2,1-3H3,(H,30,34). The molecule has 1 aliphatic rings. The van der Waals surface area contributed by atoms with Crippen LogP contribution in [0.1, 0.15) is 54.2 Å². The van der Waals surface area contributed by atoms with Crippen molar-refractivity contribution in [3.63, 3.8) is 0 Å². The van der Waals surface area contributed by atoms with Crippen molar-refractivity contribution in [2.75, 3.05) is 33.4 Å². The molecule has 0 unspecified atom stereocenters. The van der Waals surface area contributed by atoms with E-state index in [4.69, 9.17) is 9.47 Å². The highest BCUT2D eigenvalue weighted by atomic mass is 19.1. The zero-order valence-electron chi connectivity index (χ0n) is 21.2. The van der Waals surface area contributed by atoms with Crippen LogP contribution < -0.4 is 10.1 Å². The minimum Gasteiger partial charge on any atom is -0.492 e. The Kier molecular flexibility index (Phi) is 8.72. The Labute approximate surface area is 212 Å². The first kappa shape index (κ1) is 25.9. The number of carbonyl (C=O) groups is 1. The molecular weight excluding hydrogens is 459 g/mol. The molecule has 0 spiro atoms. The largest absolute Gasteiger partial charge is 0.492 e. The molecule has 2 aromatic carbocycles. The average molecular weight is 495 g/mol. The maximum Gasteiger partial charge on any atom is 0.255 e. The number of aromatic nitrogens is 2. The summed E-state index contributed by atoms with van der Waals surface area (Å²) in [6.07, 6.45) is 3.70. The summed E-state index contributed by atoms with van der Waals surface area (Å²) in [5.41, 5.74) is 2.96. The highest BCUT2D eigenvalue weighted by Gasteiger charge is 2.21. The van der Waals surface area contributed by atoms with Crippen LogP contribution >= 0.6 is 0 Å². The second kappa shape index (κ2) is 12.1. The molecule has 1 aliphatic heterocycles. The summed E-state index contributed by atoms with van der Waals surface area (Å²) >= 11 is 0. The quantitative estimate of drug-likeness (QED) is 0.448. The van der Waals surface area contributed by atoms with Crippen molar-refractivity contribution in [1.82, 2.24) is 20.0 Å². The Morgan fingerprint density at radius 1 is 1.22 bits per heavy atom. The first-order valence-corrected chi connectivity index (χ1v) is 12.5. The average Bonchev–Trinajstić information content (AvgIpc) is 3.34. The van der Waals surface area contributed by atoms with Gasteiger partial charge in [-0.3, -0.25) is 9.69 Å². The number of likely N-dealkylation sites (N-methyl/N-ethyl adjacent to an activating group) is 1. The fraction of sp³-hybridized carbons (Fsp3) is 0.429. The van der Waals surface area contributed by atoms with Gasteiger partial charge in [0.15, 0.2) is 0 Å². The molecule has 7 nitrogen and oxygen atoms in total. The highest BCUT2D eigenvalue weighted by molar-refractivity contribution is 5.95. The molecule has 0 aliphatic carbocycles. The fourth-order valence-electron chi connectivity index (χ4n) is 4.52. The van der Waals surface area contributed by atoms with Crippen LogP contribution in [0.5, 0.6) is 5.75 Å². The van der Waals surface area contributed by atoms with Crippen LogP contribution in [0.2, 0.25) is 0 Å². The van der Waals surface area contributed by atoms with E-state index in [9.17, 15) is 9.18 Å². The summed E-state index contributed by atoms with van der Waals surface area (Å²) < 4.78 is 26.5. The van der Waals surface area contributed by atoms with E-state index < -0.39 is 0 Å². The summed E-state index contributed by atoms with van der Waals surface area (Å²) in [4.78, 5) is 15.4. The van der Waals surface area contributed by atoms with Gasteiger partial charge in [0.05, 0.1) is 23.1 Å². The van der Waals surface area contributed by atoms with Gasteiger partial charge in [0.25, 0.3) is 5.91 Å². The summed E-state index contributed by atoms with van der Waals surface area (Å²) in [6, 6.07) is 14.4. The van der Waals surface area contributed by atoms with Crippen LogP contribution in [0.25, 0.3) is 5.69 Å². The third-order valence-electron chi connectivity index (χ3n) is 6.55. The summed E-state index contributed by atoms with van der Waals surface area (Å²) in [5.74, 6) is 0.326. The van der Waals surface area contributed by atoms with Gasteiger partial charge in [0.1, 0.15) is 18.2 Å². The van der Waals surface area contributed by atoms with Gasteiger partial charge in [-0.1, -0.05) is 26.0 Å². The van der Waals surface area contributed by atoms with E-state index in [1.807, 2.05) is 38.1 Å². The number of carbonyl (C=O) groups excluding carboxylic acids is 1. The lowest BCUT2D eigenvalue weighted by Gasteiger charge is -2.31. The van der Waals surface area contributed by atoms with Gasteiger partial charge >= 0.3 is 0 Å². The number of nitrogens with zero attached hydrogens (tertiary/aromatic N) is 3. The van der Waals surface area contributed by atoms with Crippen LogP contribution in [0.3, 0.4) is 0 Å². The van der Waals surface area contributed by atoms with E-state index in [0.29, 0.717) is 30.4 Å². The smallest absolute Gasteiger partial charge is 0.255 e. The van der Waals surface area contributed by atoms with Gasteiger partial charge in [-0.15, -0.1) is 0 Å². The van der Waals surface area contributed by atoms with Crippen molar-refractivity contribution >= 4 is 5.91 Å². The molecule has 192 valence electrons. The second-order valence-corrected chi connectivity index (χ2v) is 9.49. The molecule has 1 aromatic heterocycles. The third-order valence-corrected chi connectivity index (χ3v) is 6.55. The number of halogens is 1. The Morgan fingerprint density at radius 2 is 1.97 bits per heavy atom. The monoisotopic (exact) mass is 494 g/mol. The molecule has 1 fully saturated rings. The zero-order valence-corrected chi connectivity index (χ0v) is 21.2. The van der Waals surface area contributed by atoms with Gasteiger partial charge in [-0.05, 0) is 67.8 Å². The predicted molar refractivity (Wildman–Crippen MR) is 137 cm³/mol. The molecule has 1 saturated heterocycles. The van der Waals surface area contributed by atoms with Gasteiger partial charge in [0, 0.05) is 32.3 Å². The van der Waals surface area contributed by atoms with E-state index in [1.165, 1.54) is 12.1 Å². The molecule has 1 N–H and O–H groups in total. The normalized spacial score (nSPS) is 14.4. The molecular formula is C28H35FN4O3. The molecule has 1 amide bonds. The van der Waals surface area contributed by atoms with Crippen molar-refractivity contribution in [2.24, 2.45) is 0 Å². The summed E-state index contributed by atoms with van der Waals surface area (Å²) in [6.45, 7) is 7.50. The molecule has 4 rings (SSSR count). The number of hydrogen-bond donors (Lipinski definition) is 1.